The van der Waals surface area contributed by atoms with E-state index in [1.54, 1.807) is 0 Å². The molecule has 0 aliphatic heterocycles. The predicted octanol–water partition coefficient (Wildman–Crippen LogP) is 1.96. The summed E-state index contributed by atoms with van der Waals surface area (Å²) in [7, 11) is 1.43. The van der Waals surface area contributed by atoms with Gasteiger partial charge in [-0.25, -0.2) is 0 Å². The van der Waals surface area contributed by atoms with Crippen LogP contribution in [0.2, 0.25) is 0 Å². The van der Waals surface area contributed by atoms with E-state index in [0.29, 0.717) is 19.0 Å². The van der Waals surface area contributed by atoms with E-state index in [1.165, 1.54) is 39.2 Å². The molecule has 1 saturated carbocycles. The topological polar surface area (TPSA) is 49.8 Å². The molecule has 4 heteroatoms. The van der Waals surface area contributed by atoms with Crippen LogP contribution < -0.4 is 0 Å². The summed E-state index contributed by atoms with van der Waals surface area (Å²) in [5.74, 6) is -0.143. The zero-order chi connectivity index (χ0) is 13.4. The molecule has 0 aromatic carbocycles. The third-order valence-corrected chi connectivity index (χ3v) is 3.64. The van der Waals surface area contributed by atoms with E-state index in [0.717, 1.165) is 13.0 Å². The molecule has 0 heterocycles. The van der Waals surface area contributed by atoms with Gasteiger partial charge < -0.3 is 9.84 Å². The Morgan fingerprint density at radius 2 is 2.06 bits per heavy atom. The van der Waals surface area contributed by atoms with Crippen molar-refractivity contribution in [3.8, 4) is 0 Å². The zero-order valence-electron chi connectivity index (χ0n) is 11.7. The summed E-state index contributed by atoms with van der Waals surface area (Å²) in [5, 5.41) is 9.57. The largest absolute Gasteiger partial charge is 0.469 e. The van der Waals surface area contributed by atoms with Crippen LogP contribution in [-0.2, 0) is 9.53 Å². The van der Waals surface area contributed by atoms with Gasteiger partial charge in [-0.05, 0) is 32.7 Å². The molecular formula is C14H27NO3. The van der Waals surface area contributed by atoms with E-state index in [-0.39, 0.29) is 12.1 Å². The SMILES string of the molecule is COC(=O)CCCN(CC(C)O)C1CCCCC1. The first-order valence-corrected chi connectivity index (χ1v) is 7.12. The lowest BCUT2D eigenvalue weighted by atomic mass is 9.94. The molecule has 0 radical (unpaired) electrons. The molecule has 18 heavy (non-hydrogen) atoms. The Morgan fingerprint density at radius 1 is 1.39 bits per heavy atom. The summed E-state index contributed by atoms with van der Waals surface area (Å²) < 4.78 is 4.65. The summed E-state index contributed by atoms with van der Waals surface area (Å²) in [5.41, 5.74) is 0. The van der Waals surface area contributed by atoms with Crippen molar-refractivity contribution in [1.29, 1.82) is 0 Å². The summed E-state index contributed by atoms with van der Waals surface area (Å²) in [6.07, 6.45) is 7.35. The van der Waals surface area contributed by atoms with Gasteiger partial charge in [0.1, 0.15) is 0 Å². The van der Waals surface area contributed by atoms with Crippen molar-refractivity contribution < 1.29 is 14.6 Å². The molecule has 4 nitrogen and oxygen atoms in total. The van der Waals surface area contributed by atoms with Gasteiger partial charge in [0.25, 0.3) is 0 Å². The third kappa shape index (κ3) is 5.83. The molecule has 0 saturated heterocycles. The molecule has 0 bridgehead atoms. The van der Waals surface area contributed by atoms with Gasteiger partial charge in [0, 0.05) is 19.0 Å². The van der Waals surface area contributed by atoms with Gasteiger partial charge in [-0.15, -0.1) is 0 Å². The van der Waals surface area contributed by atoms with Gasteiger partial charge in [0.05, 0.1) is 13.2 Å². The maximum Gasteiger partial charge on any atom is 0.305 e. The van der Waals surface area contributed by atoms with Crippen molar-refractivity contribution in [3.63, 3.8) is 0 Å². The van der Waals surface area contributed by atoms with Crippen molar-refractivity contribution in [3.05, 3.63) is 0 Å². The third-order valence-electron chi connectivity index (χ3n) is 3.64. The average molecular weight is 257 g/mol. The molecule has 1 atom stereocenters. The first-order valence-electron chi connectivity index (χ1n) is 7.12. The highest BCUT2D eigenvalue weighted by molar-refractivity contribution is 5.69. The maximum absolute atomic E-state index is 11.1. The number of nitrogens with zero attached hydrogens (tertiary/aromatic N) is 1. The van der Waals surface area contributed by atoms with E-state index in [4.69, 9.17) is 0 Å². The molecule has 0 aromatic heterocycles. The first kappa shape index (κ1) is 15.4. The molecule has 0 aromatic rings. The summed E-state index contributed by atoms with van der Waals surface area (Å²) in [6.45, 7) is 3.42. The van der Waals surface area contributed by atoms with Crippen LogP contribution in [-0.4, -0.2) is 48.3 Å². The lowest BCUT2D eigenvalue weighted by Gasteiger charge is -2.35. The Morgan fingerprint density at radius 3 is 2.61 bits per heavy atom. The van der Waals surface area contributed by atoms with Gasteiger partial charge in [-0.3, -0.25) is 9.69 Å². The molecule has 1 rings (SSSR count). The Balaban J connectivity index is 2.36. The standard InChI is InChI=1S/C14H27NO3/c1-12(16)11-15(10-6-9-14(17)18-2)13-7-4-3-5-8-13/h12-13,16H,3-11H2,1-2H3. The molecular weight excluding hydrogens is 230 g/mol. The number of rotatable bonds is 7. The fraction of sp³-hybridized carbons (Fsp3) is 0.929. The number of esters is 1. The van der Waals surface area contributed by atoms with E-state index >= 15 is 0 Å². The number of carbonyl (C=O) groups is 1. The van der Waals surface area contributed by atoms with Gasteiger partial charge in [0.15, 0.2) is 0 Å². The molecule has 0 amide bonds. The normalized spacial score (nSPS) is 18.9. The van der Waals surface area contributed by atoms with Crippen molar-refractivity contribution in [2.24, 2.45) is 0 Å². The van der Waals surface area contributed by atoms with Crippen LogP contribution in [0.25, 0.3) is 0 Å². The van der Waals surface area contributed by atoms with Gasteiger partial charge >= 0.3 is 5.97 Å². The van der Waals surface area contributed by atoms with Crippen molar-refractivity contribution in [1.82, 2.24) is 4.90 Å². The number of aliphatic hydroxyl groups is 1. The molecule has 1 aliphatic carbocycles. The summed E-state index contributed by atoms with van der Waals surface area (Å²) in [6, 6.07) is 0.589. The van der Waals surface area contributed by atoms with Crippen LogP contribution in [0.4, 0.5) is 0 Å². The van der Waals surface area contributed by atoms with Crippen LogP contribution in [0.1, 0.15) is 51.9 Å². The van der Waals surface area contributed by atoms with Crippen LogP contribution in [0, 0.1) is 0 Å². The minimum absolute atomic E-state index is 0.143. The van der Waals surface area contributed by atoms with E-state index in [2.05, 4.69) is 9.64 Å². The fourth-order valence-corrected chi connectivity index (χ4v) is 2.74. The molecule has 1 N–H and O–H groups in total. The zero-order valence-corrected chi connectivity index (χ0v) is 11.7. The second kappa shape index (κ2) is 8.48. The maximum atomic E-state index is 11.1. The van der Waals surface area contributed by atoms with E-state index in [9.17, 15) is 9.90 Å². The molecule has 0 spiro atoms. The molecule has 1 aliphatic rings. The van der Waals surface area contributed by atoms with Crippen LogP contribution in [0.5, 0.6) is 0 Å². The Kier molecular flexibility index (Phi) is 7.28. The lowest BCUT2D eigenvalue weighted by Crippen LogP contribution is -2.41. The summed E-state index contributed by atoms with van der Waals surface area (Å²) in [4.78, 5) is 13.5. The number of aliphatic hydroxyl groups excluding tert-OH is 1. The average Bonchev–Trinajstić information content (AvgIpc) is 2.38. The van der Waals surface area contributed by atoms with Crippen LogP contribution in [0.15, 0.2) is 0 Å². The number of hydrogen-bond donors (Lipinski definition) is 1. The minimum atomic E-state index is -0.301. The van der Waals surface area contributed by atoms with Gasteiger partial charge in [-0.2, -0.15) is 0 Å². The highest BCUT2D eigenvalue weighted by Crippen LogP contribution is 2.23. The van der Waals surface area contributed by atoms with Crippen molar-refractivity contribution in [2.45, 2.75) is 64.0 Å². The second-order valence-corrected chi connectivity index (χ2v) is 5.32. The number of ether oxygens (including phenoxy) is 1. The predicted molar refractivity (Wildman–Crippen MR) is 71.4 cm³/mol. The van der Waals surface area contributed by atoms with Crippen LogP contribution >= 0.6 is 0 Å². The van der Waals surface area contributed by atoms with Crippen molar-refractivity contribution in [2.75, 3.05) is 20.2 Å². The van der Waals surface area contributed by atoms with Crippen LogP contribution in [0.3, 0.4) is 0 Å². The van der Waals surface area contributed by atoms with E-state index in [1.807, 2.05) is 6.92 Å². The molecule has 1 fully saturated rings. The van der Waals surface area contributed by atoms with Gasteiger partial charge in [0.2, 0.25) is 0 Å². The smallest absolute Gasteiger partial charge is 0.305 e. The number of carbonyl (C=O) groups excluding carboxylic acids is 1. The van der Waals surface area contributed by atoms with Gasteiger partial charge in [-0.1, -0.05) is 19.3 Å². The van der Waals surface area contributed by atoms with E-state index < -0.39 is 0 Å². The summed E-state index contributed by atoms with van der Waals surface area (Å²) >= 11 is 0. The Hall–Kier alpha value is -0.610. The number of hydrogen-bond acceptors (Lipinski definition) is 4. The first-order chi connectivity index (χ1) is 8.63. The Labute approximate surface area is 110 Å². The fourth-order valence-electron chi connectivity index (χ4n) is 2.74. The highest BCUT2D eigenvalue weighted by Gasteiger charge is 2.21. The lowest BCUT2D eigenvalue weighted by molar-refractivity contribution is -0.140. The number of methoxy groups -OCH3 is 1. The minimum Gasteiger partial charge on any atom is -0.469 e. The molecule has 1 unspecified atom stereocenters. The highest BCUT2D eigenvalue weighted by atomic mass is 16.5. The quantitative estimate of drug-likeness (QED) is 0.708. The molecule has 106 valence electrons. The monoisotopic (exact) mass is 257 g/mol. The second-order valence-electron chi connectivity index (χ2n) is 5.32. The van der Waals surface area contributed by atoms with Crippen molar-refractivity contribution >= 4 is 5.97 Å². The Bertz CT molecular complexity index is 237.